The van der Waals surface area contributed by atoms with Gasteiger partial charge in [-0.1, -0.05) is 12.8 Å². The average molecular weight is 299 g/mol. The van der Waals surface area contributed by atoms with Gasteiger partial charge in [-0.25, -0.2) is 0 Å². The maximum Gasteiger partial charge on any atom is 0.417 e. The number of rotatable bonds is 2. The molecule has 1 aromatic rings. The molecule has 1 fully saturated rings. The van der Waals surface area contributed by atoms with Gasteiger partial charge in [0.05, 0.1) is 5.56 Å². The van der Waals surface area contributed by atoms with Crippen LogP contribution in [0.3, 0.4) is 0 Å². The maximum atomic E-state index is 13.2. The fourth-order valence-electron chi connectivity index (χ4n) is 2.84. The van der Waals surface area contributed by atoms with Gasteiger partial charge in [0.25, 0.3) is 0 Å². The quantitative estimate of drug-likeness (QED) is 0.645. The van der Waals surface area contributed by atoms with Crippen molar-refractivity contribution in [2.24, 2.45) is 5.73 Å². The Labute approximate surface area is 122 Å². The number of amidine groups is 1. The molecule has 1 aliphatic rings. The van der Waals surface area contributed by atoms with Gasteiger partial charge in [0.1, 0.15) is 5.84 Å². The molecule has 3 N–H and O–H groups in total. The first-order valence-electron chi connectivity index (χ1n) is 7.13. The van der Waals surface area contributed by atoms with Crippen molar-refractivity contribution in [3.05, 3.63) is 29.3 Å². The molecular weight excluding hydrogens is 279 g/mol. The molecule has 0 aromatic heterocycles. The van der Waals surface area contributed by atoms with Crippen LogP contribution in [0.4, 0.5) is 18.9 Å². The van der Waals surface area contributed by atoms with E-state index in [-0.39, 0.29) is 11.6 Å². The zero-order valence-electron chi connectivity index (χ0n) is 12.0. The van der Waals surface area contributed by atoms with Crippen LogP contribution in [-0.2, 0) is 6.18 Å². The van der Waals surface area contributed by atoms with Crippen molar-refractivity contribution in [3.8, 4) is 0 Å². The summed E-state index contributed by atoms with van der Waals surface area (Å²) in [5.41, 5.74) is 4.73. The summed E-state index contributed by atoms with van der Waals surface area (Å²) in [7, 11) is 0. The molecule has 116 valence electrons. The SMILES string of the molecule is CC1CCCCCN1c1ccc(C(=N)N)c(C(F)(F)F)c1. The summed E-state index contributed by atoms with van der Waals surface area (Å²) in [6.45, 7) is 2.80. The molecule has 0 spiro atoms. The molecule has 21 heavy (non-hydrogen) atoms. The molecule has 6 heteroatoms. The average Bonchev–Trinajstić information content (AvgIpc) is 2.61. The molecule has 1 atom stereocenters. The van der Waals surface area contributed by atoms with Gasteiger partial charge >= 0.3 is 6.18 Å². The molecule has 0 amide bonds. The van der Waals surface area contributed by atoms with Crippen LogP contribution < -0.4 is 10.6 Å². The van der Waals surface area contributed by atoms with E-state index in [9.17, 15) is 13.2 Å². The topological polar surface area (TPSA) is 53.1 Å². The highest BCUT2D eigenvalue weighted by Crippen LogP contribution is 2.35. The minimum absolute atomic E-state index is 0.219. The van der Waals surface area contributed by atoms with Crippen molar-refractivity contribution in [1.82, 2.24) is 0 Å². The zero-order valence-corrected chi connectivity index (χ0v) is 12.0. The summed E-state index contributed by atoms with van der Waals surface area (Å²) in [5, 5.41) is 7.31. The van der Waals surface area contributed by atoms with Gasteiger partial charge in [0.15, 0.2) is 0 Å². The number of halogens is 3. The molecule has 0 saturated carbocycles. The third-order valence-corrected chi connectivity index (χ3v) is 3.98. The van der Waals surface area contributed by atoms with Crippen molar-refractivity contribution < 1.29 is 13.2 Å². The molecule has 2 rings (SSSR count). The van der Waals surface area contributed by atoms with E-state index in [4.69, 9.17) is 11.1 Å². The van der Waals surface area contributed by atoms with Gasteiger partial charge in [0.2, 0.25) is 0 Å². The number of alkyl halides is 3. The summed E-state index contributed by atoms with van der Waals surface area (Å²) in [4.78, 5) is 2.02. The Bertz CT molecular complexity index is 525. The number of anilines is 1. The number of hydrogen-bond donors (Lipinski definition) is 2. The molecule has 3 nitrogen and oxygen atoms in total. The molecule has 0 bridgehead atoms. The van der Waals surface area contributed by atoms with E-state index in [1.54, 1.807) is 6.07 Å². The van der Waals surface area contributed by atoms with Gasteiger partial charge < -0.3 is 10.6 Å². The molecule has 1 heterocycles. The lowest BCUT2D eigenvalue weighted by Crippen LogP contribution is -2.33. The largest absolute Gasteiger partial charge is 0.417 e. The van der Waals surface area contributed by atoms with E-state index in [1.807, 2.05) is 11.8 Å². The van der Waals surface area contributed by atoms with E-state index in [1.165, 1.54) is 6.07 Å². The van der Waals surface area contributed by atoms with Crippen LogP contribution in [0.25, 0.3) is 0 Å². The van der Waals surface area contributed by atoms with E-state index in [0.29, 0.717) is 5.69 Å². The second-order valence-corrected chi connectivity index (χ2v) is 5.53. The highest BCUT2D eigenvalue weighted by molar-refractivity contribution is 5.97. The third kappa shape index (κ3) is 3.49. The molecular formula is C15H20F3N3. The number of benzene rings is 1. The standard InChI is InChI=1S/C15H20F3N3/c1-10-5-3-2-4-8-21(10)11-6-7-12(14(19)20)13(9-11)15(16,17)18/h6-7,9-10H,2-5,8H2,1H3,(H3,19,20). The van der Waals surface area contributed by atoms with Crippen LogP contribution in [0, 0.1) is 5.41 Å². The fourth-order valence-corrected chi connectivity index (χ4v) is 2.84. The first kappa shape index (κ1) is 15.7. The Morgan fingerprint density at radius 3 is 2.62 bits per heavy atom. The predicted octanol–water partition coefficient (Wildman–Crippen LogP) is 3.76. The van der Waals surface area contributed by atoms with Crippen LogP contribution in [0.1, 0.15) is 43.7 Å². The zero-order chi connectivity index (χ0) is 15.6. The maximum absolute atomic E-state index is 13.2. The van der Waals surface area contributed by atoms with Crippen LogP contribution in [0.15, 0.2) is 18.2 Å². The van der Waals surface area contributed by atoms with Crippen molar-refractivity contribution in [1.29, 1.82) is 5.41 Å². The van der Waals surface area contributed by atoms with Crippen molar-refractivity contribution >= 4 is 11.5 Å². The molecule has 1 saturated heterocycles. The van der Waals surface area contributed by atoms with Gasteiger partial charge in [-0.2, -0.15) is 13.2 Å². The van der Waals surface area contributed by atoms with E-state index in [0.717, 1.165) is 38.3 Å². The van der Waals surface area contributed by atoms with Crippen LogP contribution in [0.5, 0.6) is 0 Å². The van der Waals surface area contributed by atoms with Gasteiger partial charge in [-0.3, -0.25) is 5.41 Å². The van der Waals surface area contributed by atoms with Gasteiger partial charge in [-0.05, 0) is 38.0 Å². The number of nitrogens with two attached hydrogens (primary N) is 1. The van der Waals surface area contributed by atoms with Gasteiger partial charge in [0, 0.05) is 23.8 Å². The summed E-state index contributed by atoms with van der Waals surface area (Å²) in [5.74, 6) is -0.558. The minimum Gasteiger partial charge on any atom is -0.384 e. The Balaban J connectivity index is 2.43. The normalized spacial score (nSPS) is 20.2. The van der Waals surface area contributed by atoms with Crippen molar-refractivity contribution in [3.63, 3.8) is 0 Å². The van der Waals surface area contributed by atoms with Crippen molar-refractivity contribution in [2.75, 3.05) is 11.4 Å². The predicted molar refractivity (Wildman–Crippen MR) is 77.7 cm³/mol. The monoisotopic (exact) mass is 299 g/mol. The Kier molecular flexibility index (Phi) is 4.44. The Morgan fingerprint density at radius 2 is 2.00 bits per heavy atom. The Hall–Kier alpha value is -1.72. The van der Waals surface area contributed by atoms with E-state index >= 15 is 0 Å². The van der Waals surface area contributed by atoms with Crippen LogP contribution in [0.2, 0.25) is 0 Å². The highest BCUT2D eigenvalue weighted by atomic mass is 19.4. The fraction of sp³-hybridized carbons (Fsp3) is 0.533. The molecule has 1 aromatic carbocycles. The summed E-state index contributed by atoms with van der Waals surface area (Å²) < 4.78 is 39.5. The molecule has 0 aliphatic carbocycles. The summed E-state index contributed by atoms with van der Waals surface area (Å²) in [6.07, 6.45) is -0.324. The third-order valence-electron chi connectivity index (χ3n) is 3.98. The number of nitrogen functional groups attached to an aromatic ring is 1. The first-order chi connectivity index (χ1) is 9.80. The highest BCUT2D eigenvalue weighted by Gasteiger charge is 2.35. The van der Waals surface area contributed by atoms with E-state index in [2.05, 4.69) is 0 Å². The second kappa shape index (κ2) is 5.95. The lowest BCUT2D eigenvalue weighted by atomic mass is 10.0. The number of nitrogens with zero attached hydrogens (tertiary/aromatic N) is 1. The summed E-state index contributed by atoms with van der Waals surface area (Å²) in [6, 6.07) is 4.28. The second-order valence-electron chi connectivity index (χ2n) is 5.53. The van der Waals surface area contributed by atoms with Crippen LogP contribution in [-0.4, -0.2) is 18.4 Å². The van der Waals surface area contributed by atoms with Gasteiger partial charge in [-0.15, -0.1) is 0 Å². The minimum atomic E-state index is -4.51. The molecule has 1 aliphatic heterocycles. The lowest BCUT2D eigenvalue weighted by molar-refractivity contribution is -0.137. The number of nitrogens with one attached hydrogen (secondary N) is 1. The van der Waals surface area contributed by atoms with E-state index < -0.39 is 17.6 Å². The first-order valence-corrected chi connectivity index (χ1v) is 7.13. The van der Waals surface area contributed by atoms with Crippen molar-refractivity contribution in [2.45, 2.75) is 44.8 Å². The Morgan fingerprint density at radius 1 is 1.29 bits per heavy atom. The van der Waals surface area contributed by atoms with Crippen LogP contribution >= 0.6 is 0 Å². The molecule has 1 unspecified atom stereocenters. The smallest absolute Gasteiger partial charge is 0.384 e. The number of hydrogen-bond acceptors (Lipinski definition) is 2. The summed E-state index contributed by atoms with van der Waals surface area (Å²) >= 11 is 0. The lowest BCUT2D eigenvalue weighted by Gasteiger charge is -2.30. The molecule has 0 radical (unpaired) electrons.